The number of aliphatic hydroxyl groups is 1. The van der Waals surface area contributed by atoms with Crippen LogP contribution in [-0.4, -0.2) is 65.3 Å². The number of aliphatic hydroxyl groups excluding tert-OH is 1. The molecule has 0 aliphatic heterocycles. The highest BCUT2D eigenvalue weighted by molar-refractivity contribution is 7.92. The van der Waals surface area contributed by atoms with Crippen LogP contribution in [0.5, 0.6) is 0 Å². The maximum atomic E-state index is 14.0. The lowest BCUT2D eigenvalue weighted by Gasteiger charge is -2.28. The fourth-order valence-corrected chi connectivity index (χ4v) is 8.41. The molecule has 0 spiro atoms. The van der Waals surface area contributed by atoms with Gasteiger partial charge < -0.3 is 14.4 Å². The molecular weight excluding hydrogens is 576 g/mol. The van der Waals surface area contributed by atoms with Gasteiger partial charge in [-0.2, -0.15) is 0 Å². The highest BCUT2D eigenvalue weighted by Gasteiger charge is 2.39. The number of hydrogen-bond acceptors (Lipinski definition) is 7. The number of amides is 1. The minimum Gasteiger partial charge on any atom is -0.445 e. The first-order valence-corrected chi connectivity index (χ1v) is 17.7. The van der Waals surface area contributed by atoms with Crippen molar-refractivity contribution in [1.29, 1.82) is 0 Å². The zero-order chi connectivity index (χ0) is 31.7. The lowest BCUT2D eigenvalue weighted by molar-refractivity contribution is 0.0457. The third-order valence-electron chi connectivity index (χ3n) is 8.63. The highest BCUT2D eigenvalue weighted by Crippen LogP contribution is 2.37. The number of hydrogen-bond donors (Lipinski definition) is 1. The minimum atomic E-state index is -3.21. The van der Waals surface area contributed by atoms with Crippen molar-refractivity contribution in [1.82, 2.24) is 9.88 Å². The van der Waals surface area contributed by atoms with E-state index in [1.165, 1.54) is 12.5 Å². The average Bonchev–Trinajstić information content (AvgIpc) is 3.74. The molecule has 2 aromatic carbocycles. The van der Waals surface area contributed by atoms with Gasteiger partial charge in [0.25, 0.3) is 5.91 Å². The van der Waals surface area contributed by atoms with E-state index in [2.05, 4.69) is 4.98 Å². The van der Waals surface area contributed by atoms with E-state index < -0.39 is 27.1 Å². The lowest BCUT2D eigenvalue weighted by atomic mass is 9.81. The Kier molecular flexibility index (Phi) is 11.9. The van der Waals surface area contributed by atoms with Crippen molar-refractivity contribution in [3.8, 4) is 11.5 Å². The molecule has 1 aromatic heterocycles. The van der Waals surface area contributed by atoms with Crippen LogP contribution in [0.4, 0.5) is 0 Å². The molecule has 1 amide bonds. The Labute approximate surface area is 261 Å². The summed E-state index contributed by atoms with van der Waals surface area (Å²) in [6, 6.07) is 14.8. The van der Waals surface area contributed by atoms with Crippen LogP contribution in [0.2, 0.25) is 0 Å². The smallest absolute Gasteiger partial charge is 0.253 e. The maximum absolute atomic E-state index is 14.0. The van der Waals surface area contributed by atoms with Crippen LogP contribution in [-0.2, 0) is 16.3 Å². The summed E-state index contributed by atoms with van der Waals surface area (Å²) in [5.74, 6) is -0.510. The Hall–Kier alpha value is -3.30. The van der Waals surface area contributed by atoms with Crippen molar-refractivity contribution >= 4 is 21.5 Å². The van der Waals surface area contributed by atoms with Gasteiger partial charge >= 0.3 is 0 Å². The van der Waals surface area contributed by atoms with Gasteiger partial charge in [-0.15, -0.1) is 0 Å². The topological polar surface area (TPSA) is 118 Å². The predicted molar refractivity (Wildman–Crippen MR) is 172 cm³/mol. The molecule has 0 unspecified atom stereocenters. The van der Waals surface area contributed by atoms with Gasteiger partial charge in [0, 0.05) is 36.2 Å². The van der Waals surface area contributed by atoms with Crippen LogP contribution < -0.4 is 0 Å². The van der Waals surface area contributed by atoms with Crippen molar-refractivity contribution in [2.24, 2.45) is 11.8 Å². The Morgan fingerprint density at radius 3 is 2.34 bits per heavy atom. The first kappa shape index (κ1) is 33.6. The average molecular weight is 623 g/mol. The number of carbonyl (C=O) groups is 2. The van der Waals surface area contributed by atoms with E-state index in [-0.39, 0.29) is 29.8 Å². The van der Waals surface area contributed by atoms with Gasteiger partial charge in [-0.3, -0.25) is 9.59 Å². The van der Waals surface area contributed by atoms with Crippen LogP contribution in [0.15, 0.2) is 65.4 Å². The molecule has 0 radical (unpaired) electrons. The van der Waals surface area contributed by atoms with E-state index in [0.717, 1.165) is 18.4 Å². The Balaban J connectivity index is 1.64. The minimum absolute atomic E-state index is 0.0508. The molecule has 44 heavy (non-hydrogen) atoms. The summed E-state index contributed by atoms with van der Waals surface area (Å²) in [5.41, 5.74) is 2.29. The Morgan fingerprint density at radius 1 is 1.00 bits per heavy atom. The Bertz CT molecular complexity index is 1470. The zero-order valence-corrected chi connectivity index (χ0v) is 27.0. The van der Waals surface area contributed by atoms with Crippen molar-refractivity contribution in [3.63, 3.8) is 0 Å². The second-order valence-corrected chi connectivity index (χ2v) is 14.5. The number of nitrogens with zero attached hydrogens (tertiary/aromatic N) is 2. The van der Waals surface area contributed by atoms with Gasteiger partial charge in [0.15, 0.2) is 15.6 Å². The normalized spacial score (nSPS) is 18.2. The molecule has 1 heterocycles. The molecule has 1 aliphatic carbocycles. The second-order valence-electron chi connectivity index (χ2n) is 12.1. The summed E-state index contributed by atoms with van der Waals surface area (Å²) in [6.45, 7) is 7.14. The van der Waals surface area contributed by atoms with Gasteiger partial charge in [0.2, 0.25) is 5.89 Å². The van der Waals surface area contributed by atoms with Gasteiger partial charge in [0.1, 0.15) is 6.26 Å². The molecular formula is C35H46N2O6S. The van der Waals surface area contributed by atoms with E-state index >= 15 is 0 Å². The molecule has 1 fully saturated rings. The molecule has 0 bridgehead atoms. The van der Waals surface area contributed by atoms with E-state index in [1.807, 2.05) is 51.1 Å². The van der Waals surface area contributed by atoms with Crippen LogP contribution in [0.1, 0.15) is 92.0 Å². The van der Waals surface area contributed by atoms with Crippen LogP contribution in [0.25, 0.3) is 11.5 Å². The SMILES string of the molecule is CCCN(CCC)C(=O)c1cc(C(=O)C[C@@H](Cc2ccccc2)[C@H](O)[C@@H]2CC[C@H](S(=O)(=O)CCC)C2)cc(-c2ncco2)c1. The number of benzene rings is 2. The largest absolute Gasteiger partial charge is 0.445 e. The molecule has 8 nitrogen and oxygen atoms in total. The molecule has 9 heteroatoms. The van der Waals surface area contributed by atoms with Gasteiger partial charge in [-0.25, -0.2) is 13.4 Å². The number of oxazole rings is 1. The van der Waals surface area contributed by atoms with E-state index in [4.69, 9.17) is 4.42 Å². The zero-order valence-electron chi connectivity index (χ0n) is 26.2. The number of aromatic nitrogens is 1. The third kappa shape index (κ3) is 8.45. The fourth-order valence-electron chi connectivity index (χ4n) is 6.47. The quantitative estimate of drug-likeness (QED) is 0.184. The number of ketones is 1. The van der Waals surface area contributed by atoms with Crippen molar-refractivity contribution in [2.75, 3.05) is 18.8 Å². The molecule has 1 N–H and O–H groups in total. The molecule has 1 aliphatic rings. The first-order chi connectivity index (χ1) is 21.2. The molecule has 1 saturated carbocycles. The molecule has 0 saturated heterocycles. The predicted octanol–water partition coefficient (Wildman–Crippen LogP) is 6.39. The highest BCUT2D eigenvalue weighted by atomic mass is 32.2. The number of Topliss-reactive ketones (excluding diaryl/α,β-unsaturated/α-hetero) is 1. The molecule has 238 valence electrons. The number of rotatable bonds is 16. The molecule has 4 atom stereocenters. The van der Waals surface area contributed by atoms with Crippen molar-refractivity contribution in [2.45, 2.75) is 83.5 Å². The summed E-state index contributed by atoms with van der Waals surface area (Å²) < 4.78 is 31.1. The summed E-state index contributed by atoms with van der Waals surface area (Å²) in [4.78, 5) is 33.7. The summed E-state index contributed by atoms with van der Waals surface area (Å²) in [6.07, 6.45) is 6.41. The fraction of sp³-hybridized carbons (Fsp3) is 0.514. The monoisotopic (exact) mass is 622 g/mol. The lowest BCUT2D eigenvalue weighted by Crippen LogP contribution is -2.33. The van der Waals surface area contributed by atoms with Crippen molar-refractivity contribution in [3.05, 3.63) is 77.7 Å². The number of carbonyl (C=O) groups excluding carboxylic acids is 2. The summed E-state index contributed by atoms with van der Waals surface area (Å²) in [5, 5.41) is 11.2. The summed E-state index contributed by atoms with van der Waals surface area (Å²) >= 11 is 0. The van der Waals surface area contributed by atoms with Gasteiger partial charge in [-0.05, 0) is 80.5 Å². The van der Waals surface area contributed by atoms with E-state index in [1.54, 1.807) is 23.1 Å². The number of sulfone groups is 1. The first-order valence-electron chi connectivity index (χ1n) is 16.0. The van der Waals surface area contributed by atoms with E-state index in [0.29, 0.717) is 67.8 Å². The molecule has 3 aromatic rings. The third-order valence-corrected chi connectivity index (χ3v) is 11.1. The standard InChI is InChI=1S/C35H46N2O6S/c1-4-15-37(16-5-2)35(40)30-21-27(20-29(22-30)34-36-14-17-43-34)32(38)24-28(19-25-10-8-7-9-11-25)33(39)26-12-13-31(23-26)44(41,42)18-6-3/h7-11,14,17,20-22,26,28,31,33,39H,4-6,12-13,15-16,18-19,23-24H2,1-3H3/t26-,28-,31+,33-/m1/s1. The van der Waals surface area contributed by atoms with E-state index in [9.17, 15) is 23.1 Å². The van der Waals surface area contributed by atoms with Crippen LogP contribution in [0, 0.1) is 11.8 Å². The maximum Gasteiger partial charge on any atom is 0.253 e. The second kappa shape index (κ2) is 15.6. The summed E-state index contributed by atoms with van der Waals surface area (Å²) in [7, 11) is -3.21. The Morgan fingerprint density at radius 2 is 1.70 bits per heavy atom. The van der Waals surface area contributed by atoms with Crippen molar-refractivity contribution < 1.29 is 27.5 Å². The molecule has 4 rings (SSSR count). The van der Waals surface area contributed by atoms with Gasteiger partial charge in [-0.1, -0.05) is 51.1 Å². The van der Waals surface area contributed by atoms with Gasteiger partial charge in [0.05, 0.1) is 23.3 Å². The van der Waals surface area contributed by atoms with Crippen LogP contribution >= 0.6 is 0 Å². The van der Waals surface area contributed by atoms with Crippen LogP contribution in [0.3, 0.4) is 0 Å².